The molecular weight excluding hydrogens is 299 g/mol. The van der Waals surface area contributed by atoms with Gasteiger partial charge in [-0.15, -0.1) is 0 Å². The van der Waals surface area contributed by atoms with Crippen molar-refractivity contribution in [2.45, 2.75) is 13.3 Å². The molecule has 0 atom stereocenters. The van der Waals surface area contributed by atoms with Gasteiger partial charge in [0.05, 0.1) is 4.47 Å². The van der Waals surface area contributed by atoms with Crippen molar-refractivity contribution in [3.63, 3.8) is 0 Å². The summed E-state index contributed by atoms with van der Waals surface area (Å²) in [7, 11) is 0. The van der Waals surface area contributed by atoms with Crippen molar-refractivity contribution in [2.75, 3.05) is 0 Å². The number of hydrogen-bond acceptors (Lipinski definition) is 3. The second-order valence-corrected chi connectivity index (χ2v) is 4.69. The number of aromatic nitrogens is 2. The maximum absolute atomic E-state index is 13.3. The summed E-state index contributed by atoms with van der Waals surface area (Å²) in [6.45, 7) is 1.84. The van der Waals surface area contributed by atoms with E-state index in [0.717, 1.165) is 5.56 Å². The minimum atomic E-state index is -0.384. The first-order valence-corrected chi connectivity index (χ1v) is 6.12. The van der Waals surface area contributed by atoms with E-state index in [0.29, 0.717) is 10.0 Å². The van der Waals surface area contributed by atoms with E-state index in [-0.39, 0.29) is 23.8 Å². The molecule has 2 aromatic rings. The summed E-state index contributed by atoms with van der Waals surface area (Å²) in [6, 6.07) is 4.60. The molecule has 2 rings (SSSR count). The number of carbonyl (C=O) groups excluding carboxylic acids is 1. The lowest BCUT2D eigenvalue weighted by molar-refractivity contribution is 0.0982. The SMILES string of the molecule is Cc1cnc(C(=O)Cc2cccc(F)c2Br)nc1. The van der Waals surface area contributed by atoms with Crippen LogP contribution in [0.1, 0.15) is 21.7 Å². The number of ketones is 1. The number of nitrogens with zero attached hydrogens (tertiary/aromatic N) is 2. The van der Waals surface area contributed by atoms with E-state index in [4.69, 9.17) is 0 Å². The van der Waals surface area contributed by atoms with Crippen molar-refractivity contribution in [3.8, 4) is 0 Å². The van der Waals surface area contributed by atoms with Gasteiger partial charge in [-0.2, -0.15) is 0 Å². The molecule has 1 aromatic heterocycles. The maximum Gasteiger partial charge on any atom is 0.204 e. The fourth-order valence-electron chi connectivity index (χ4n) is 1.47. The summed E-state index contributed by atoms with van der Waals surface area (Å²) in [4.78, 5) is 19.8. The van der Waals surface area contributed by atoms with Gasteiger partial charge >= 0.3 is 0 Å². The molecule has 0 N–H and O–H groups in total. The zero-order valence-corrected chi connectivity index (χ0v) is 11.2. The van der Waals surface area contributed by atoms with E-state index in [2.05, 4.69) is 25.9 Å². The Hall–Kier alpha value is -1.62. The minimum Gasteiger partial charge on any atom is -0.290 e. The van der Waals surface area contributed by atoms with Gasteiger partial charge in [0.15, 0.2) is 5.82 Å². The summed E-state index contributed by atoms with van der Waals surface area (Å²) in [6.07, 6.45) is 3.24. The Morgan fingerprint density at radius 2 is 2.00 bits per heavy atom. The fourth-order valence-corrected chi connectivity index (χ4v) is 1.88. The number of Topliss-reactive ketones (excluding diaryl/α,β-unsaturated/α-hetero) is 1. The lowest BCUT2D eigenvalue weighted by Gasteiger charge is -2.04. The fraction of sp³-hybridized carbons (Fsp3) is 0.154. The van der Waals surface area contributed by atoms with Crippen LogP contribution < -0.4 is 0 Å². The lowest BCUT2D eigenvalue weighted by atomic mass is 10.1. The quantitative estimate of drug-likeness (QED) is 0.818. The van der Waals surface area contributed by atoms with Crippen molar-refractivity contribution in [2.24, 2.45) is 0 Å². The molecule has 0 aliphatic carbocycles. The molecule has 92 valence electrons. The van der Waals surface area contributed by atoms with Crippen LogP contribution in [0.15, 0.2) is 35.1 Å². The standard InChI is InChI=1S/C13H10BrFN2O/c1-8-6-16-13(17-7-8)11(18)5-9-3-2-4-10(15)12(9)14/h2-4,6-7H,5H2,1H3. The average Bonchev–Trinajstić information content (AvgIpc) is 2.36. The Bertz CT molecular complexity index is 584. The van der Waals surface area contributed by atoms with Crippen LogP contribution >= 0.6 is 15.9 Å². The topological polar surface area (TPSA) is 42.9 Å². The number of carbonyl (C=O) groups is 1. The van der Waals surface area contributed by atoms with Crippen LogP contribution in [-0.2, 0) is 6.42 Å². The van der Waals surface area contributed by atoms with Crippen LogP contribution in [0.3, 0.4) is 0 Å². The highest BCUT2D eigenvalue weighted by atomic mass is 79.9. The van der Waals surface area contributed by atoms with Gasteiger partial charge < -0.3 is 0 Å². The molecule has 1 heterocycles. The number of benzene rings is 1. The molecule has 0 saturated carbocycles. The zero-order chi connectivity index (χ0) is 13.1. The predicted molar refractivity (Wildman–Crippen MR) is 68.9 cm³/mol. The molecule has 0 aliphatic rings. The summed E-state index contributed by atoms with van der Waals surface area (Å²) >= 11 is 3.12. The molecule has 0 bridgehead atoms. The molecule has 0 aliphatic heterocycles. The van der Waals surface area contributed by atoms with Crippen molar-refractivity contribution in [3.05, 3.63) is 57.8 Å². The number of rotatable bonds is 3. The summed E-state index contributed by atoms with van der Waals surface area (Å²) in [5.74, 6) is -0.469. The molecular formula is C13H10BrFN2O. The Balaban J connectivity index is 2.21. The van der Waals surface area contributed by atoms with Crippen molar-refractivity contribution >= 4 is 21.7 Å². The molecule has 0 amide bonds. The number of halogens is 2. The second kappa shape index (κ2) is 5.35. The molecule has 0 spiro atoms. The van der Waals surface area contributed by atoms with Crippen molar-refractivity contribution < 1.29 is 9.18 Å². The highest BCUT2D eigenvalue weighted by Gasteiger charge is 2.13. The van der Waals surface area contributed by atoms with Crippen LogP contribution in [0.4, 0.5) is 4.39 Å². The largest absolute Gasteiger partial charge is 0.290 e. The van der Waals surface area contributed by atoms with E-state index in [9.17, 15) is 9.18 Å². The summed E-state index contributed by atoms with van der Waals surface area (Å²) in [5, 5.41) is 0. The van der Waals surface area contributed by atoms with Gasteiger partial charge in [-0.3, -0.25) is 4.79 Å². The van der Waals surface area contributed by atoms with Crippen LogP contribution in [0, 0.1) is 12.7 Å². The first-order chi connectivity index (χ1) is 8.58. The molecule has 18 heavy (non-hydrogen) atoms. The Morgan fingerprint density at radius 3 is 2.67 bits per heavy atom. The van der Waals surface area contributed by atoms with Gasteiger partial charge in [0, 0.05) is 18.8 Å². The van der Waals surface area contributed by atoms with Gasteiger partial charge in [-0.25, -0.2) is 14.4 Å². The van der Waals surface area contributed by atoms with E-state index >= 15 is 0 Å². The lowest BCUT2D eigenvalue weighted by Crippen LogP contribution is -2.09. The molecule has 5 heteroatoms. The average molecular weight is 309 g/mol. The third-order valence-corrected chi connectivity index (χ3v) is 3.30. The van der Waals surface area contributed by atoms with Crippen LogP contribution in [0.2, 0.25) is 0 Å². The molecule has 1 aromatic carbocycles. The smallest absolute Gasteiger partial charge is 0.204 e. The van der Waals surface area contributed by atoms with Crippen molar-refractivity contribution in [1.29, 1.82) is 0 Å². The van der Waals surface area contributed by atoms with Crippen LogP contribution in [0.5, 0.6) is 0 Å². The van der Waals surface area contributed by atoms with E-state index in [1.165, 1.54) is 6.07 Å². The summed E-state index contributed by atoms with van der Waals surface area (Å²) < 4.78 is 13.6. The van der Waals surface area contributed by atoms with E-state index < -0.39 is 0 Å². The molecule has 0 saturated heterocycles. The molecule has 0 unspecified atom stereocenters. The molecule has 0 fully saturated rings. The third kappa shape index (κ3) is 2.79. The predicted octanol–water partition coefficient (Wildman–Crippen LogP) is 3.11. The highest BCUT2D eigenvalue weighted by molar-refractivity contribution is 9.10. The highest BCUT2D eigenvalue weighted by Crippen LogP contribution is 2.21. The van der Waals surface area contributed by atoms with Gasteiger partial charge in [-0.1, -0.05) is 12.1 Å². The molecule has 0 radical (unpaired) electrons. The summed E-state index contributed by atoms with van der Waals surface area (Å²) in [5.41, 5.74) is 1.47. The monoisotopic (exact) mass is 308 g/mol. The van der Waals surface area contributed by atoms with Gasteiger partial charge in [0.2, 0.25) is 5.78 Å². The van der Waals surface area contributed by atoms with Gasteiger partial charge in [0.25, 0.3) is 0 Å². The number of hydrogen-bond donors (Lipinski definition) is 0. The zero-order valence-electron chi connectivity index (χ0n) is 9.65. The minimum absolute atomic E-state index is 0.0708. The Morgan fingerprint density at radius 1 is 1.33 bits per heavy atom. The third-order valence-electron chi connectivity index (χ3n) is 2.41. The van der Waals surface area contributed by atoms with Gasteiger partial charge in [0.1, 0.15) is 5.82 Å². The normalized spacial score (nSPS) is 10.4. The Kier molecular flexibility index (Phi) is 3.81. The first-order valence-electron chi connectivity index (χ1n) is 5.32. The Labute approximate surface area is 112 Å². The van der Waals surface area contributed by atoms with Crippen molar-refractivity contribution in [1.82, 2.24) is 9.97 Å². The van der Waals surface area contributed by atoms with E-state index in [1.807, 2.05) is 6.92 Å². The molecule has 3 nitrogen and oxygen atoms in total. The first kappa shape index (κ1) is 12.8. The van der Waals surface area contributed by atoms with E-state index in [1.54, 1.807) is 24.5 Å². The van der Waals surface area contributed by atoms with Gasteiger partial charge in [-0.05, 0) is 40.0 Å². The number of aryl methyl sites for hydroxylation is 1. The van der Waals surface area contributed by atoms with Crippen LogP contribution in [0.25, 0.3) is 0 Å². The maximum atomic E-state index is 13.3. The van der Waals surface area contributed by atoms with Crippen LogP contribution in [-0.4, -0.2) is 15.8 Å². The second-order valence-electron chi connectivity index (χ2n) is 3.90.